The number of benzene rings is 2. The molecule has 2 nitrogen and oxygen atoms in total. The molecule has 0 aliphatic heterocycles. The summed E-state index contributed by atoms with van der Waals surface area (Å²) < 4.78 is 19.1. The van der Waals surface area contributed by atoms with Crippen molar-refractivity contribution in [1.82, 2.24) is 0 Å². The van der Waals surface area contributed by atoms with E-state index in [1.54, 1.807) is 25.1 Å². The Hall–Kier alpha value is -2.03. The third-order valence-corrected chi connectivity index (χ3v) is 2.84. The van der Waals surface area contributed by atoms with Crippen molar-refractivity contribution in [3.05, 3.63) is 59.9 Å². The molecule has 0 heterocycles. The van der Waals surface area contributed by atoms with Crippen LogP contribution < -0.4 is 10.1 Å². The van der Waals surface area contributed by atoms with Crippen molar-refractivity contribution in [2.24, 2.45) is 0 Å². The second kappa shape index (κ2) is 6.78. The summed E-state index contributed by atoms with van der Waals surface area (Å²) in [5, 5.41) is 3.28. The molecule has 0 radical (unpaired) electrons. The van der Waals surface area contributed by atoms with Crippen LogP contribution in [-0.4, -0.2) is 13.2 Å². The Morgan fingerprint density at radius 3 is 2.63 bits per heavy atom. The van der Waals surface area contributed by atoms with Crippen LogP contribution in [0.3, 0.4) is 0 Å². The standard InChI is InChI=1S/C16H18FNO/c1-13-7-5-10-15(16(13)17)19-12-6-11-18-14-8-3-2-4-9-14/h2-5,7-10,18H,6,11-12H2,1H3. The van der Waals surface area contributed by atoms with E-state index in [0.29, 0.717) is 17.9 Å². The summed E-state index contributed by atoms with van der Waals surface area (Å²) in [5.74, 6) is 0.0678. The average Bonchev–Trinajstić information content (AvgIpc) is 2.44. The lowest BCUT2D eigenvalue weighted by atomic mass is 10.2. The van der Waals surface area contributed by atoms with E-state index < -0.39 is 0 Å². The zero-order valence-electron chi connectivity index (χ0n) is 11.0. The van der Waals surface area contributed by atoms with Crippen LogP contribution in [0.5, 0.6) is 5.75 Å². The van der Waals surface area contributed by atoms with Gasteiger partial charge in [-0.1, -0.05) is 30.3 Å². The second-order valence-electron chi connectivity index (χ2n) is 4.38. The number of hydrogen-bond acceptors (Lipinski definition) is 2. The SMILES string of the molecule is Cc1cccc(OCCCNc2ccccc2)c1F. The van der Waals surface area contributed by atoms with E-state index in [-0.39, 0.29) is 5.82 Å². The molecule has 0 unspecified atom stereocenters. The minimum Gasteiger partial charge on any atom is -0.490 e. The van der Waals surface area contributed by atoms with Gasteiger partial charge in [-0.05, 0) is 37.1 Å². The predicted molar refractivity (Wildman–Crippen MR) is 76.2 cm³/mol. The number of ether oxygens (including phenoxy) is 1. The van der Waals surface area contributed by atoms with E-state index >= 15 is 0 Å². The average molecular weight is 259 g/mol. The molecule has 1 N–H and O–H groups in total. The second-order valence-corrected chi connectivity index (χ2v) is 4.38. The van der Waals surface area contributed by atoms with Crippen molar-refractivity contribution in [3.8, 4) is 5.75 Å². The molecule has 0 bridgehead atoms. The maximum absolute atomic E-state index is 13.6. The number of anilines is 1. The van der Waals surface area contributed by atoms with Crippen molar-refractivity contribution < 1.29 is 9.13 Å². The molecule has 0 aromatic heterocycles. The first-order valence-electron chi connectivity index (χ1n) is 6.44. The predicted octanol–water partition coefficient (Wildman–Crippen LogP) is 4.02. The highest BCUT2D eigenvalue weighted by Gasteiger charge is 2.04. The molecule has 0 atom stereocenters. The van der Waals surface area contributed by atoms with E-state index in [0.717, 1.165) is 18.7 Å². The normalized spacial score (nSPS) is 10.2. The number of aryl methyl sites for hydroxylation is 1. The van der Waals surface area contributed by atoms with Crippen molar-refractivity contribution in [3.63, 3.8) is 0 Å². The zero-order chi connectivity index (χ0) is 13.5. The monoisotopic (exact) mass is 259 g/mol. The van der Waals surface area contributed by atoms with Gasteiger partial charge in [-0.3, -0.25) is 0 Å². The van der Waals surface area contributed by atoms with E-state index in [1.807, 2.05) is 30.3 Å². The Kier molecular flexibility index (Phi) is 4.78. The lowest BCUT2D eigenvalue weighted by Gasteiger charge is -2.09. The van der Waals surface area contributed by atoms with Gasteiger partial charge in [0.15, 0.2) is 11.6 Å². The van der Waals surface area contributed by atoms with Gasteiger partial charge in [-0.2, -0.15) is 0 Å². The van der Waals surface area contributed by atoms with E-state index in [4.69, 9.17) is 4.74 Å². The van der Waals surface area contributed by atoms with Gasteiger partial charge in [0.1, 0.15) is 0 Å². The van der Waals surface area contributed by atoms with Crippen LogP contribution in [0.25, 0.3) is 0 Å². The number of rotatable bonds is 6. The number of para-hydroxylation sites is 1. The molecule has 2 aromatic rings. The van der Waals surface area contributed by atoms with E-state index in [2.05, 4.69) is 5.32 Å². The van der Waals surface area contributed by atoms with Gasteiger partial charge in [0, 0.05) is 12.2 Å². The van der Waals surface area contributed by atoms with Crippen LogP contribution in [0.15, 0.2) is 48.5 Å². The molecule has 0 fully saturated rings. The molecule has 0 aliphatic rings. The van der Waals surface area contributed by atoms with Gasteiger partial charge in [0.25, 0.3) is 0 Å². The minimum absolute atomic E-state index is 0.265. The Balaban J connectivity index is 1.71. The van der Waals surface area contributed by atoms with Gasteiger partial charge >= 0.3 is 0 Å². The molecule has 19 heavy (non-hydrogen) atoms. The van der Waals surface area contributed by atoms with Crippen LogP contribution in [0.2, 0.25) is 0 Å². The fourth-order valence-corrected chi connectivity index (χ4v) is 1.78. The lowest BCUT2D eigenvalue weighted by Crippen LogP contribution is -2.08. The van der Waals surface area contributed by atoms with Gasteiger partial charge in [-0.15, -0.1) is 0 Å². The summed E-state index contributed by atoms with van der Waals surface area (Å²) >= 11 is 0. The van der Waals surface area contributed by atoms with Crippen LogP contribution in [0.4, 0.5) is 10.1 Å². The van der Waals surface area contributed by atoms with Crippen LogP contribution in [0.1, 0.15) is 12.0 Å². The number of hydrogen-bond donors (Lipinski definition) is 1. The minimum atomic E-state index is -0.265. The molecule has 0 amide bonds. The Labute approximate surface area is 113 Å². The topological polar surface area (TPSA) is 21.3 Å². The maximum atomic E-state index is 13.6. The van der Waals surface area contributed by atoms with Crippen molar-refractivity contribution in [2.75, 3.05) is 18.5 Å². The Morgan fingerprint density at radius 2 is 1.84 bits per heavy atom. The van der Waals surface area contributed by atoms with Crippen LogP contribution >= 0.6 is 0 Å². The molecule has 2 rings (SSSR count). The smallest absolute Gasteiger partial charge is 0.167 e. The van der Waals surface area contributed by atoms with Crippen molar-refractivity contribution >= 4 is 5.69 Å². The molecule has 100 valence electrons. The highest BCUT2D eigenvalue weighted by Crippen LogP contribution is 2.19. The fourth-order valence-electron chi connectivity index (χ4n) is 1.78. The summed E-state index contributed by atoms with van der Waals surface area (Å²) in [6.45, 7) is 3.04. The highest BCUT2D eigenvalue weighted by molar-refractivity contribution is 5.42. The molecule has 0 saturated heterocycles. The fraction of sp³-hybridized carbons (Fsp3) is 0.250. The summed E-state index contributed by atoms with van der Waals surface area (Å²) in [6, 6.07) is 15.2. The van der Waals surface area contributed by atoms with Crippen LogP contribution in [-0.2, 0) is 0 Å². The summed E-state index contributed by atoms with van der Waals surface area (Å²) in [5.41, 5.74) is 1.70. The summed E-state index contributed by atoms with van der Waals surface area (Å²) in [4.78, 5) is 0. The molecular formula is C16H18FNO. The zero-order valence-corrected chi connectivity index (χ0v) is 11.0. The van der Waals surface area contributed by atoms with Gasteiger partial charge in [0.2, 0.25) is 0 Å². The van der Waals surface area contributed by atoms with E-state index in [1.165, 1.54) is 0 Å². The quantitative estimate of drug-likeness (QED) is 0.791. The Bertz CT molecular complexity index is 513. The molecule has 2 aromatic carbocycles. The van der Waals surface area contributed by atoms with Gasteiger partial charge < -0.3 is 10.1 Å². The summed E-state index contributed by atoms with van der Waals surface area (Å²) in [7, 11) is 0. The summed E-state index contributed by atoms with van der Waals surface area (Å²) in [6.07, 6.45) is 0.822. The van der Waals surface area contributed by atoms with Gasteiger partial charge in [0.05, 0.1) is 6.61 Å². The van der Waals surface area contributed by atoms with Crippen LogP contribution in [0, 0.1) is 12.7 Å². The van der Waals surface area contributed by atoms with Crippen molar-refractivity contribution in [1.29, 1.82) is 0 Å². The molecule has 0 aliphatic carbocycles. The molecule has 0 spiro atoms. The third kappa shape index (κ3) is 3.98. The molecule has 0 saturated carbocycles. The number of nitrogens with one attached hydrogen (secondary N) is 1. The maximum Gasteiger partial charge on any atom is 0.167 e. The highest BCUT2D eigenvalue weighted by atomic mass is 19.1. The first kappa shape index (κ1) is 13.4. The lowest BCUT2D eigenvalue weighted by molar-refractivity contribution is 0.298. The van der Waals surface area contributed by atoms with E-state index in [9.17, 15) is 4.39 Å². The first-order valence-corrected chi connectivity index (χ1v) is 6.44. The first-order chi connectivity index (χ1) is 9.27. The third-order valence-electron chi connectivity index (χ3n) is 2.84. The Morgan fingerprint density at radius 1 is 1.05 bits per heavy atom. The van der Waals surface area contributed by atoms with Gasteiger partial charge in [-0.25, -0.2) is 4.39 Å². The molecular weight excluding hydrogens is 241 g/mol. The van der Waals surface area contributed by atoms with Crippen molar-refractivity contribution in [2.45, 2.75) is 13.3 Å². The largest absolute Gasteiger partial charge is 0.490 e. The molecule has 3 heteroatoms. The number of halogens is 1.